The van der Waals surface area contributed by atoms with E-state index in [0.717, 1.165) is 22.7 Å². The normalized spacial score (nSPS) is 11.4. The third kappa shape index (κ3) is 3.64. The first-order valence-corrected chi connectivity index (χ1v) is 7.38. The molecule has 0 unspecified atom stereocenters. The molecule has 0 saturated heterocycles. The second-order valence-electron chi connectivity index (χ2n) is 5.60. The van der Waals surface area contributed by atoms with Crippen molar-refractivity contribution in [3.8, 4) is 5.75 Å². The molecule has 0 atom stereocenters. The molecule has 2 rings (SSSR count). The first kappa shape index (κ1) is 16.0. The number of rotatable bonds is 5. The number of aryl methyl sites for hydroxylation is 2. The number of benzene rings is 1. The van der Waals surface area contributed by atoms with Gasteiger partial charge in [-0.1, -0.05) is 18.2 Å². The van der Waals surface area contributed by atoms with Crippen LogP contribution in [0.5, 0.6) is 5.75 Å². The number of ketones is 1. The van der Waals surface area contributed by atoms with Gasteiger partial charge in [-0.05, 0) is 51.5 Å². The fraction of sp³-hybridized carbons (Fsp3) is 0.333. The van der Waals surface area contributed by atoms with E-state index in [-0.39, 0.29) is 11.9 Å². The van der Waals surface area contributed by atoms with Gasteiger partial charge in [-0.3, -0.25) is 9.48 Å². The van der Waals surface area contributed by atoms with Crippen LogP contribution in [0, 0.1) is 13.8 Å². The lowest BCUT2D eigenvalue weighted by Gasteiger charge is -2.09. The smallest absolute Gasteiger partial charge is 0.189 e. The van der Waals surface area contributed by atoms with Gasteiger partial charge in [0.1, 0.15) is 5.75 Å². The lowest BCUT2D eigenvalue weighted by Crippen LogP contribution is -2.05. The van der Waals surface area contributed by atoms with Crippen LogP contribution < -0.4 is 4.74 Å². The molecule has 1 aromatic heterocycles. The Morgan fingerprint density at radius 3 is 2.36 bits per heavy atom. The van der Waals surface area contributed by atoms with Crippen molar-refractivity contribution in [3.05, 3.63) is 52.9 Å². The van der Waals surface area contributed by atoms with Gasteiger partial charge in [-0.15, -0.1) is 0 Å². The van der Waals surface area contributed by atoms with Gasteiger partial charge in [0, 0.05) is 12.7 Å². The molecule has 1 heterocycles. The highest BCUT2D eigenvalue weighted by Gasteiger charge is 2.14. The van der Waals surface area contributed by atoms with Crippen LogP contribution >= 0.6 is 0 Å². The minimum atomic E-state index is -0.0226. The maximum absolute atomic E-state index is 12.3. The van der Waals surface area contributed by atoms with Crippen LogP contribution in [0.25, 0.3) is 6.08 Å². The maximum atomic E-state index is 12.3. The van der Waals surface area contributed by atoms with Crippen molar-refractivity contribution in [2.45, 2.75) is 33.8 Å². The molecule has 116 valence electrons. The Labute approximate surface area is 131 Å². The monoisotopic (exact) mass is 298 g/mol. The molecule has 0 bridgehead atoms. The van der Waals surface area contributed by atoms with E-state index in [1.54, 1.807) is 10.8 Å². The van der Waals surface area contributed by atoms with Crippen molar-refractivity contribution >= 4 is 11.9 Å². The van der Waals surface area contributed by atoms with E-state index in [9.17, 15) is 4.79 Å². The number of hydrogen-bond donors (Lipinski definition) is 0. The lowest BCUT2D eigenvalue weighted by molar-refractivity contribution is 0.104. The number of carbonyl (C=O) groups is 1. The topological polar surface area (TPSA) is 44.1 Å². The molecule has 4 nitrogen and oxygen atoms in total. The zero-order chi connectivity index (χ0) is 16.3. The quantitative estimate of drug-likeness (QED) is 0.624. The highest BCUT2D eigenvalue weighted by Crippen LogP contribution is 2.16. The van der Waals surface area contributed by atoms with E-state index >= 15 is 0 Å². The molecule has 0 aliphatic heterocycles. The number of aromatic nitrogens is 2. The van der Waals surface area contributed by atoms with Crippen LogP contribution in [0.15, 0.2) is 30.3 Å². The fourth-order valence-electron chi connectivity index (χ4n) is 2.32. The van der Waals surface area contributed by atoms with Gasteiger partial charge in [-0.25, -0.2) is 0 Å². The van der Waals surface area contributed by atoms with Crippen molar-refractivity contribution in [1.29, 1.82) is 0 Å². The molecule has 0 radical (unpaired) electrons. The van der Waals surface area contributed by atoms with E-state index in [4.69, 9.17) is 4.74 Å². The summed E-state index contributed by atoms with van der Waals surface area (Å²) >= 11 is 0. The molecule has 0 N–H and O–H groups in total. The van der Waals surface area contributed by atoms with Crippen LogP contribution in [0.2, 0.25) is 0 Å². The van der Waals surface area contributed by atoms with Crippen LogP contribution in [0.1, 0.15) is 41.2 Å². The summed E-state index contributed by atoms with van der Waals surface area (Å²) in [4.78, 5) is 12.3. The van der Waals surface area contributed by atoms with Gasteiger partial charge in [-0.2, -0.15) is 5.10 Å². The first-order valence-electron chi connectivity index (χ1n) is 7.38. The molecule has 4 heteroatoms. The summed E-state index contributed by atoms with van der Waals surface area (Å²) in [7, 11) is 1.84. The van der Waals surface area contributed by atoms with Crippen molar-refractivity contribution in [1.82, 2.24) is 9.78 Å². The minimum Gasteiger partial charge on any atom is -0.491 e. The van der Waals surface area contributed by atoms with Crippen molar-refractivity contribution in [2.75, 3.05) is 0 Å². The highest BCUT2D eigenvalue weighted by molar-refractivity contribution is 6.08. The third-order valence-electron chi connectivity index (χ3n) is 3.43. The Hall–Kier alpha value is -2.36. The summed E-state index contributed by atoms with van der Waals surface area (Å²) in [6.07, 6.45) is 3.56. The van der Waals surface area contributed by atoms with Crippen LogP contribution in [-0.2, 0) is 7.05 Å². The Morgan fingerprint density at radius 2 is 1.86 bits per heavy atom. The Kier molecular flexibility index (Phi) is 4.81. The molecule has 0 saturated carbocycles. The molecule has 0 fully saturated rings. The molecule has 22 heavy (non-hydrogen) atoms. The lowest BCUT2D eigenvalue weighted by atomic mass is 10.1. The van der Waals surface area contributed by atoms with E-state index in [1.165, 1.54) is 0 Å². The van der Waals surface area contributed by atoms with Crippen LogP contribution in [0.3, 0.4) is 0 Å². The van der Waals surface area contributed by atoms with Gasteiger partial charge in [0.25, 0.3) is 0 Å². The number of nitrogens with zero attached hydrogens (tertiary/aromatic N) is 2. The van der Waals surface area contributed by atoms with Crippen molar-refractivity contribution in [2.24, 2.45) is 7.05 Å². The van der Waals surface area contributed by atoms with E-state index < -0.39 is 0 Å². The number of ether oxygens (including phenoxy) is 1. The van der Waals surface area contributed by atoms with E-state index in [1.807, 2.05) is 65.1 Å². The van der Waals surface area contributed by atoms with Gasteiger partial charge < -0.3 is 4.74 Å². The Morgan fingerprint density at radius 1 is 1.23 bits per heavy atom. The molecule has 0 amide bonds. The van der Waals surface area contributed by atoms with Crippen molar-refractivity contribution in [3.63, 3.8) is 0 Å². The predicted molar refractivity (Wildman–Crippen MR) is 88.3 cm³/mol. The Balaban J connectivity index is 2.12. The largest absolute Gasteiger partial charge is 0.491 e. The predicted octanol–water partition coefficient (Wildman–Crippen LogP) is 3.72. The molecule has 0 aliphatic rings. The van der Waals surface area contributed by atoms with E-state index in [2.05, 4.69) is 5.10 Å². The SMILES string of the molecule is Cc1nn(C)c(C)c1C(=O)/C=C/c1ccc(OC(C)C)cc1. The van der Waals surface area contributed by atoms with Crippen LogP contribution in [0.4, 0.5) is 0 Å². The second kappa shape index (κ2) is 6.60. The standard InChI is InChI=1S/C18H22N2O2/c1-12(2)22-16-9-6-15(7-10-16)8-11-17(21)18-13(3)19-20(5)14(18)4/h6-12H,1-5H3/b11-8+. The summed E-state index contributed by atoms with van der Waals surface area (Å²) in [6.45, 7) is 7.74. The molecule has 0 aliphatic carbocycles. The van der Waals surface area contributed by atoms with Gasteiger partial charge in [0.05, 0.1) is 17.4 Å². The molecular formula is C18H22N2O2. The van der Waals surface area contributed by atoms with Gasteiger partial charge >= 0.3 is 0 Å². The van der Waals surface area contributed by atoms with Crippen LogP contribution in [-0.4, -0.2) is 21.7 Å². The maximum Gasteiger partial charge on any atom is 0.189 e. The zero-order valence-electron chi connectivity index (χ0n) is 13.8. The number of allylic oxidation sites excluding steroid dienone is 1. The summed E-state index contributed by atoms with van der Waals surface area (Å²) < 4.78 is 7.33. The van der Waals surface area contributed by atoms with Gasteiger partial charge in [0.15, 0.2) is 5.78 Å². The third-order valence-corrected chi connectivity index (χ3v) is 3.43. The average molecular weight is 298 g/mol. The second-order valence-corrected chi connectivity index (χ2v) is 5.60. The van der Waals surface area contributed by atoms with Crippen molar-refractivity contribution < 1.29 is 9.53 Å². The average Bonchev–Trinajstić information content (AvgIpc) is 2.70. The summed E-state index contributed by atoms with van der Waals surface area (Å²) in [5.74, 6) is 0.808. The van der Waals surface area contributed by atoms with Gasteiger partial charge in [0.2, 0.25) is 0 Å². The fourth-order valence-corrected chi connectivity index (χ4v) is 2.32. The zero-order valence-corrected chi connectivity index (χ0v) is 13.8. The number of hydrogen-bond acceptors (Lipinski definition) is 3. The minimum absolute atomic E-state index is 0.0226. The summed E-state index contributed by atoms with van der Waals surface area (Å²) in [6, 6.07) is 7.68. The highest BCUT2D eigenvalue weighted by atomic mass is 16.5. The first-order chi connectivity index (χ1) is 10.4. The summed E-state index contributed by atoms with van der Waals surface area (Å²) in [5, 5.41) is 4.27. The number of carbonyl (C=O) groups excluding carboxylic acids is 1. The van der Waals surface area contributed by atoms with E-state index in [0.29, 0.717) is 5.56 Å². The Bertz CT molecular complexity index is 695. The molecular weight excluding hydrogens is 276 g/mol. The molecule has 1 aromatic carbocycles. The molecule has 0 spiro atoms. The summed E-state index contributed by atoms with van der Waals surface area (Å²) in [5.41, 5.74) is 3.28. The molecule has 2 aromatic rings.